The first-order chi connectivity index (χ1) is 7.83. The van der Waals surface area contributed by atoms with Crippen LogP contribution in [0.15, 0.2) is 0 Å². The van der Waals surface area contributed by atoms with E-state index >= 15 is 0 Å². The summed E-state index contributed by atoms with van der Waals surface area (Å²) in [5.74, 6) is 0. The van der Waals surface area contributed by atoms with Crippen LogP contribution >= 0.6 is 22.6 Å². The molecule has 1 aliphatic heterocycles. The number of hydrogen-bond donors (Lipinski definition) is 0. The molecule has 0 aromatic carbocycles. The van der Waals surface area contributed by atoms with Gasteiger partial charge < -0.3 is 14.2 Å². The molecule has 1 aliphatic rings. The molecule has 1 fully saturated rings. The molecule has 0 aromatic heterocycles. The molecule has 0 amide bonds. The van der Waals surface area contributed by atoms with Crippen molar-refractivity contribution in [3.05, 3.63) is 0 Å². The maximum Gasteiger partial charge on any atom is 0.0816 e. The molecule has 4 heteroatoms. The third-order valence-corrected chi connectivity index (χ3v) is 4.32. The molecule has 0 radical (unpaired) electrons. The molecule has 1 rings (SSSR count). The summed E-state index contributed by atoms with van der Waals surface area (Å²) >= 11 is 2.41. The third-order valence-electron chi connectivity index (χ3n) is 2.93. The van der Waals surface area contributed by atoms with Gasteiger partial charge in [-0.15, -0.1) is 0 Å². The molecular weight excluding hydrogens is 319 g/mol. The molecule has 3 nitrogen and oxygen atoms in total. The smallest absolute Gasteiger partial charge is 0.0816 e. The van der Waals surface area contributed by atoms with Crippen LogP contribution in [0.2, 0.25) is 0 Å². The predicted octanol–water partition coefficient (Wildman–Crippen LogP) is 2.80. The van der Waals surface area contributed by atoms with Gasteiger partial charge in [0.2, 0.25) is 0 Å². The molecule has 0 N–H and O–H groups in total. The van der Waals surface area contributed by atoms with Gasteiger partial charge in [-0.25, -0.2) is 0 Å². The van der Waals surface area contributed by atoms with Crippen LogP contribution in [0.1, 0.15) is 32.6 Å². The summed E-state index contributed by atoms with van der Waals surface area (Å²) in [5, 5.41) is 0. The summed E-state index contributed by atoms with van der Waals surface area (Å²) in [5.41, 5.74) is 0.0485. The Bertz CT molecular complexity index is 170. The van der Waals surface area contributed by atoms with E-state index in [0.717, 1.165) is 50.1 Å². The van der Waals surface area contributed by atoms with Gasteiger partial charge >= 0.3 is 0 Å². The standard InChI is InChI=1S/C12H23IO3/c1-2-3-6-14-9-10-16-12(11-13)4-7-15-8-5-12/h2-11H2,1H3. The van der Waals surface area contributed by atoms with Crippen LogP contribution in [0.3, 0.4) is 0 Å². The molecule has 0 atom stereocenters. The molecule has 0 aromatic rings. The second-order valence-corrected chi connectivity index (χ2v) is 5.01. The Morgan fingerprint density at radius 1 is 1.19 bits per heavy atom. The zero-order valence-corrected chi connectivity index (χ0v) is 12.3. The molecular formula is C12H23IO3. The van der Waals surface area contributed by atoms with Gasteiger partial charge in [0.25, 0.3) is 0 Å². The first-order valence-corrected chi connectivity index (χ1v) is 7.71. The number of rotatable bonds is 8. The Balaban J connectivity index is 2.08. The number of alkyl halides is 1. The minimum atomic E-state index is 0.0485. The fourth-order valence-corrected chi connectivity index (χ4v) is 2.71. The van der Waals surface area contributed by atoms with Crippen LogP contribution in [-0.2, 0) is 14.2 Å². The highest BCUT2D eigenvalue weighted by molar-refractivity contribution is 14.1. The van der Waals surface area contributed by atoms with Gasteiger partial charge in [0.05, 0.1) is 18.8 Å². The average molecular weight is 342 g/mol. The minimum Gasteiger partial charge on any atom is -0.381 e. The highest BCUT2D eigenvalue weighted by atomic mass is 127. The van der Waals surface area contributed by atoms with Gasteiger partial charge in [0.15, 0.2) is 0 Å². The zero-order valence-electron chi connectivity index (χ0n) is 10.2. The third kappa shape index (κ3) is 5.29. The Kier molecular flexibility index (Phi) is 7.94. The SMILES string of the molecule is CCCCOCCOC1(CI)CCOCC1. The van der Waals surface area contributed by atoms with Crippen molar-refractivity contribution in [2.24, 2.45) is 0 Å². The average Bonchev–Trinajstić information content (AvgIpc) is 2.35. The quantitative estimate of drug-likeness (QED) is 0.386. The van der Waals surface area contributed by atoms with Crippen molar-refractivity contribution in [2.45, 2.75) is 38.2 Å². The van der Waals surface area contributed by atoms with E-state index in [1.807, 2.05) is 0 Å². The van der Waals surface area contributed by atoms with E-state index in [-0.39, 0.29) is 5.60 Å². The Labute approximate surface area is 112 Å². The van der Waals surface area contributed by atoms with E-state index in [4.69, 9.17) is 14.2 Å². The van der Waals surface area contributed by atoms with Crippen molar-refractivity contribution in [1.82, 2.24) is 0 Å². The largest absolute Gasteiger partial charge is 0.381 e. The molecule has 96 valence electrons. The molecule has 0 unspecified atom stereocenters. The highest BCUT2D eigenvalue weighted by Gasteiger charge is 2.32. The number of hydrogen-bond acceptors (Lipinski definition) is 3. The van der Waals surface area contributed by atoms with Gasteiger partial charge in [0.1, 0.15) is 0 Å². The fraction of sp³-hybridized carbons (Fsp3) is 1.00. The second kappa shape index (κ2) is 8.66. The van der Waals surface area contributed by atoms with Gasteiger partial charge in [-0.3, -0.25) is 0 Å². The molecule has 0 spiro atoms. The number of ether oxygens (including phenoxy) is 3. The molecule has 16 heavy (non-hydrogen) atoms. The van der Waals surface area contributed by atoms with E-state index in [0.29, 0.717) is 6.61 Å². The fourth-order valence-electron chi connectivity index (χ4n) is 1.73. The van der Waals surface area contributed by atoms with Gasteiger partial charge in [0, 0.05) is 37.1 Å². The summed E-state index contributed by atoms with van der Waals surface area (Å²) < 4.78 is 17.9. The van der Waals surface area contributed by atoms with Crippen LogP contribution in [0.25, 0.3) is 0 Å². The molecule has 1 saturated heterocycles. The molecule has 0 bridgehead atoms. The molecule has 1 heterocycles. The summed E-state index contributed by atoms with van der Waals surface area (Å²) in [7, 11) is 0. The van der Waals surface area contributed by atoms with Crippen molar-refractivity contribution >= 4 is 22.6 Å². The summed E-state index contributed by atoms with van der Waals surface area (Å²) in [6.45, 7) is 6.14. The van der Waals surface area contributed by atoms with Gasteiger partial charge in [-0.05, 0) is 6.42 Å². The minimum absolute atomic E-state index is 0.0485. The van der Waals surface area contributed by atoms with Gasteiger partial charge in [-0.2, -0.15) is 0 Å². The lowest BCUT2D eigenvalue weighted by Gasteiger charge is -2.35. The monoisotopic (exact) mass is 342 g/mol. The van der Waals surface area contributed by atoms with E-state index in [1.54, 1.807) is 0 Å². The Hall–Kier alpha value is 0.610. The predicted molar refractivity (Wildman–Crippen MR) is 73.4 cm³/mol. The summed E-state index contributed by atoms with van der Waals surface area (Å²) in [6, 6.07) is 0. The lowest BCUT2D eigenvalue weighted by Crippen LogP contribution is -2.41. The van der Waals surface area contributed by atoms with Crippen molar-refractivity contribution < 1.29 is 14.2 Å². The summed E-state index contributed by atoms with van der Waals surface area (Å²) in [4.78, 5) is 0. The maximum absolute atomic E-state index is 5.99. The second-order valence-electron chi connectivity index (χ2n) is 4.24. The summed E-state index contributed by atoms with van der Waals surface area (Å²) in [6.07, 6.45) is 4.37. The molecule has 0 saturated carbocycles. The maximum atomic E-state index is 5.99. The van der Waals surface area contributed by atoms with E-state index in [1.165, 1.54) is 6.42 Å². The van der Waals surface area contributed by atoms with Crippen molar-refractivity contribution in [3.63, 3.8) is 0 Å². The van der Waals surface area contributed by atoms with Crippen molar-refractivity contribution in [2.75, 3.05) is 37.5 Å². The van der Waals surface area contributed by atoms with Crippen LogP contribution in [0.5, 0.6) is 0 Å². The van der Waals surface area contributed by atoms with Crippen LogP contribution in [0.4, 0.5) is 0 Å². The number of unbranched alkanes of at least 4 members (excludes halogenated alkanes) is 1. The normalized spacial score (nSPS) is 19.9. The van der Waals surface area contributed by atoms with Crippen LogP contribution in [-0.4, -0.2) is 43.1 Å². The first-order valence-electron chi connectivity index (χ1n) is 6.18. The van der Waals surface area contributed by atoms with E-state index in [9.17, 15) is 0 Å². The zero-order chi connectivity index (χ0) is 11.7. The lowest BCUT2D eigenvalue weighted by atomic mass is 9.97. The topological polar surface area (TPSA) is 27.7 Å². The van der Waals surface area contributed by atoms with Crippen molar-refractivity contribution in [3.8, 4) is 0 Å². The molecule has 0 aliphatic carbocycles. The van der Waals surface area contributed by atoms with Gasteiger partial charge in [-0.1, -0.05) is 35.9 Å². The first kappa shape index (κ1) is 14.7. The highest BCUT2D eigenvalue weighted by Crippen LogP contribution is 2.27. The van der Waals surface area contributed by atoms with Crippen LogP contribution in [0, 0.1) is 0 Å². The van der Waals surface area contributed by atoms with E-state index < -0.39 is 0 Å². The lowest BCUT2D eigenvalue weighted by molar-refractivity contribution is -0.106. The Morgan fingerprint density at radius 3 is 2.56 bits per heavy atom. The Morgan fingerprint density at radius 2 is 1.94 bits per heavy atom. The van der Waals surface area contributed by atoms with Crippen molar-refractivity contribution in [1.29, 1.82) is 0 Å². The van der Waals surface area contributed by atoms with Crippen LogP contribution < -0.4 is 0 Å². The van der Waals surface area contributed by atoms with E-state index in [2.05, 4.69) is 29.5 Å². The number of halogens is 1.